The van der Waals surface area contributed by atoms with Crippen molar-refractivity contribution in [3.05, 3.63) is 53.8 Å². The van der Waals surface area contributed by atoms with Crippen LogP contribution in [-0.4, -0.2) is 16.9 Å². The highest BCUT2D eigenvalue weighted by Gasteiger charge is 2.11. The van der Waals surface area contributed by atoms with E-state index in [9.17, 15) is 14.0 Å². The molecule has 3 N–H and O–H groups in total. The lowest BCUT2D eigenvalue weighted by atomic mass is 10.1. The van der Waals surface area contributed by atoms with E-state index < -0.39 is 11.7 Å². The molecule has 0 aromatic heterocycles. The SMILES string of the molecule is CCC(=O)Nc1cccc(C(=O)Nc2ccc(O)cc2F)c1. The van der Waals surface area contributed by atoms with Gasteiger partial charge in [0, 0.05) is 23.7 Å². The molecule has 0 radical (unpaired) electrons. The predicted molar refractivity (Wildman–Crippen MR) is 81.4 cm³/mol. The Bertz CT molecular complexity index is 716. The summed E-state index contributed by atoms with van der Waals surface area (Å²) in [6.07, 6.45) is 0.329. The van der Waals surface area contributed by atoms with E-state index in [0.717, 1.165) is 6.07 Å². The number of rotatable bonds is 4. The maximum absolute atomic E-state index is 13.6. The van der Waals surface area contributed by atoms with Gasteiger partial charge in [-0.05, 0) is 30.3 Å². The van der Waals surface area contributed by atoms with Gasteiger partial charge in [-0.3, -0.25) is 9.59 Å². The number of anilines is 2. The number of aromatic hydroxyl groups is 1. The zero-order chi connectivity index (χ0) is 16.1. The van der Waals surface area contributed by atoms with Crippen LogP contribution in [0.5, 0.6) is 5.75 Å². The summed E-state index contributed by atoms with van der Waals surface area (Å²) in [6, 6.07) is 9.78. The Kier molecular flexibility index (Phi) is 4.73. The van der Waals surface area contributed by atoms with Gasteiger partial charge in [-0.1, -0.05) is 13.0 Å². The molecule has 22 heavy (non-hydrogen) atoms. The Morgan fingerprint density at radius 3 is 2.59 bits per heavy atom. The van der Waals surface area contributed by atoms with Crippen LogP contribution < -0.4 is 10.6 Å². The minimum atomic E-state index is -0.733. The van der Waals surface area contributed by atoms with Crippen LogP contribution in [0.3, 0.4) is 0 Å². The summed E-state index contributed by atoms with van der Waals surface area (Å²) in [5, 5.41) is 14.2. The largest absolute Gasteiger partial charge is 0.508 e. The first-order valence-electron chi connectivity index (χ1n) is 6.69. The number of hydrogen-bond acceptors (Lipinski definition) is 3. The molecule has 0 heterocycles. The third-order valence-electron chi connectivity index (χ3n) is 2.93. The number of phenols is 1. The van der Waals surface area contributed by atoms with Gasteiger partial charge in [-0.15, -0.1) is 0 Å². The highest BCUT2D eigenvalue weighted by atomic mass is 19.1. The first kappa shape index (κ1) is 15.5. The minimum Gasteiger partial charge on any atom is -0.508 e. The topological polar surface area (TPSA) is 78.4 Å². The zero-order valence-corrected chi connectivity index (χ0v) is 11.9. The van der Waals surface area contributed by atoms with Gasteiger partial charge in [0.15, 0.2) is 0 Å². The average molecular weight is 302 g/mol. The van der Waals surface area contributed by atoms with E-state index in [0.29, 0.717) is 12.1 Å². The lowest BCUT2D eigenvalue weighted by Crippen LogP contribution is -2.14. The smallest absolute Gasteiger partial charge is 0.255 e. The number of halogens is 1. The summed E-state index contributed by atoms with van der Waals surface area (Å²) in [4.78, 5) is 23.5. The van der Waals surface area contributed by atoms with Crippen molar-refractivity contribution >= 4 is 23.2 Å². The highest BCUT2D eigenvalue weighted by Crippen LogP contribution is 2.20. The minimum absolute atomic E-state index is 0.0363. The van der Waals surface area contributed by atoms with Crippen molar-refractivity contribution in [2.75, 3.05) is 10.6 Å². The second-order valence-electron chi connectivity index (χ2n) is 4.60. The van der Waals surface area contributed by atoms with Crippen LogP contribution in [0, 0.1) is 5.82 Å². The second-order valence-corrected chi connectivity index (χ2v) is 4.60. The monoisotopic (exact) mass is 302 g/mol. The predicted octanol–water partition coefficient (Wildman–Crippen LogP) is 3.13. The fourth-order valence-electron chi connectivity index (χ4n) is 1.79. The molecule has 114 valence electrons. The molecule has 0 aliphatic heterocycles. The van der Waals surface area contributed by atoms with Crippen LogP contribution in [0.4, 0.5) is 15.8 Å². The van der Waals surface area contributed by atoms with Gasteiger partial charge >= 0.3 is 0 Å². The van der Waals surface area contributed by atoms with Gasteiger partial charge in [-0.25, -0.2) is 4.39 Å². The summed E-state index contributed by atoms with van der Waals surface area (Å²) in [7, 11) is 0. The Labute approximate surface area is 126 Å². The standard InChI is InChI=1S/C16H15FN2O3/c1-2-15(21)18-11-5-3-4-10(8-11)16(22)19-14-7-6-12(20)9-13(14)17/h3-9,20H,2H2,1H3,(H,18,21)(H,19,22). The molecular formula is C16H15FN2O3. The molecule has 2 aromatic rings. The number of phenolic OH excluding ortho intramolecular Hbond substituents is 1. The van der Waals surface area contributed by atoms with E-state index in [4.69, 9.17) is 5.11 Å². The molecule has 2 rings (SSSR count). The van der Waals surface area contributed by atoms with Crippen LogP contribution in [0.1, 0.15) is 23.7 Å². The molecule has 0 saturated carbocycles. The number of carbonyl (C=O) groups excluding carboxylic acids is 2. The molecule has 0 saturated heterocycles. The molecule has 0 bridgehead atoms. The summed E-state index contributed by atoms with van der Waals surface area (Å²) in [6.45, 7) is 1.72. The molecule has 2 amide bonds. The van der Waals surface area contributed by atoms with Crippen molar-refractivity contribution in [2.45, 2.75) is 13.3 Å². The molecular weight excluding hydrogens is 287 g/mol. The Balaban J connectivity index is 2.15. The van der Waals surface area contributed by atoms with Crippen LogP contribution in [-0.2, 0) is 4.79 Å². The maximum atomic E-state index is 13.6. The quantitative estimate of drug-likeness (QED) is 0.759. The van der Waals surface area contributed by atoms with Crippen molar-refractivity contribution in [1.82, 2.24) is 0 Å². The van der Waals surface area contributed by atoms with E-state index in [1.165, 1.54) is 18.2 Å². The van der Waals surface area contributed by atoms with Crippen LogP contribution in [0.25, 0.3) is 0 Å². The van der Waals surface area contributed by atoms with E-state index >= 15 is 0 Å². The average Bonchev–Trinajstić information content (AvgIpc) is 2.50. The number of hydrogen-bond donors (Lipinski definition) is 3. The van der Waals surface area contributed by atoms with Crippen molar-refractivity contribution < 1.29 is 19.1 Å². The highest BCUT2D eigenvalue weighted by molar-refractivity contribution is 6.05. The Hall–Kier alpha value is -2.89. The molecule has 0 atom stereocenters. The van der Waals surface area contributed by atoms with Crippen LogP contribution in [0.2, 0.25) is 0 Å². The fourth-order valence-corrected chi connectivity index (χ4v) is 1.79. The number of carbonyl (C=O) groups is 2. The third kappa shape index (κ3) is 3.82. The zero-order valence-electron chi connectivity index (χ0n) is 11.9. The molecule has 0 aliphatic carbocycles. The lowest BCUT2D eigenvalue weighted by molar-refractivity contribution is -0.115. The van der Waals surface area contributed by atoms with Crippen molar-refractivity contribution in [3.8, 4) is 5.75 Å². The molecule has 0 aliphatic rings. The van der Waals surface area contributed by atoms with Crippen LogP contribution in [0.15, 0.2) is 42.5 Å². The van der Waals surface area contributed by atoms with Crippen molar-refractivity contribution in [3.63, 3.8) is 0 Å². The van der Waals surface area contributed by atoms with Crippen molar-refractivity contribution in [1.29, 1.82) is 0 Å². The Morgan fingerprint density at radius 2 is 1.91 bits per heavy atom. The molecule has 0 spiro atoms. The lowest BCUT2D eigenvalue weighted by Gasteiger charge is -2.09. The van der Waals surface area contributed by atoms with Gasteiger partial charge in [-0.2, -0.15) is 0 Å². The van der Waals surface area contributed by atoms with Crippen LogP contribution >= 0.6 is 0 Å². The van der Waals surface area contributed by atoms with Gasteiger partial charge in [0.1, 0.15) is 11.6 Å². The molecule has 6 heteroatoms. The third-order valence-corrected chi connectivity index (χ3v) is 2.93. The first-order valence-corrected chi connectivity index (χ1v) is 6.69. The normalized spacial score (nSPS) is 10.1. The molecule has 2 aromatic carbocycles. The van der Waals surface area contributed by atoms with Gasteiger partial charge in [0.2, 0.25) is 5.91 Å². The van der Waals surface area contributed by atoms with E-state index in [-0.39, 0.29) is 22.9 Å². The Morgan fingerprint density at radius 1 is 1.14 bits per heavy atom. The molecule has 5 nitrogen and oxygen atoms in total. The number of nitrogens with one attached hydrogen (secondary N) is 2. The van der Waals surface area contributed by atoms with E-state index in [1.807, 2.05) is 0 Å². The summed E-state index contributed by atoms with van der Waals surface area (Å²) in [5.74, 6) is -1.64. The van der Waals surface area contributed by atoms with Gasteiger partial charge in [0.05, 0.1) is 5.69 Å². The van der Waals surface area contributed by atoms with Gasteiger partial charge in [0.25, 0.3) is 5.91 Å². The molecule has 0 unspecified atom stereocenters. The second kappa shape index (κ2) is 6.71. The first-order chi connectivity index (χ1) is 10.5. The number of benzene rings is 2. The van der Waals surface area contributed by atoms with Gasteiger partial charge < -0.3 is 15.7 Å². The summed E-state index contributed by atoms with van der Waals surface area (Å²) < 4.78 is 13.6. The number of amides is 2. The van der Waals surface area contributed by atoms with Crippen molar-refractivity contribution in [2.24, 2.45) is 0 Å². The fraction of sp³-hybridized carbons (Fsp3) is 0.125. The maximum Gasteiger partial charge on any atom is 0.255 e. The van der Waals surface area contributed by atoms with E-state index in [1.54, 1.807) is 25.1 Å². The summed E-state index contributed by atoms with van der Waals surface area (Å²) in [5.41, 5.74) is 0.734. The van der Waals surface area contributed by atoms with E-state index in [2.05, 4.69) is 10.6 Å². The summed E-state index contributed by atoms with van der Waals surface area (Å²) >= 11 is 0. The molecule has 0 fully saturated rings.